The van der Waals surface area contributed by atoms with Gasteiger partial charge in [-0.3, -0.25) is 4.21 Å². The number of phenolic OH excluding ortho intramolecular Hbond substituents is 1. The average molecular weight is 509 g/mol. The van der Waals surface area contributed by atoms with Crippen LogP contribution in [0.15, 0.2) is 40.9 Å². The van der Waals surface area contributed by atoms with E-state index in [1.165, 1.54) is 0 Å². The van der Waals surface area contributed by atoms with Crippen LogP contribution in [0.5, 0.6) is 11.5 Å². The summed E-state index contributed by atoms with van der Waals surface area (Å²) < 4.78 is 20.6. The van der Waals surface area contributed by atoms with E-state index in [1.54, 1.807) is 17.7 Å². The number of halogens is 1. The Morgan fingerprint density at radius 1 is 1.26 bits per heavy atom. The number of ether oxygens (including phenoxy) is 1. The third-order valence-electron chi connectivity index (χ3n) is 4.95. The van der Waals surface area contributed by atoms with Crippen molar-refractivity contribution in [3.8, 4) is 11.5 Å². The minimum atomic E-state index is -1.33. The molecule has 9 heteroatoms. The number of aryl methyl sites for hydroxylation is 1. The standard InChI is InChI=1S/C22H25BrN2O5S/c1-24(2)12-15-19-17(11-16(23)21(15)26)25(3)18(20(19)22(27)28)13-31(29)10-9-30-14-7-5-4-6-8-14/h4-8,11,26H,9-10,12-13H2,1-3H3,(H,27,28). The summed E-state index contributed by atoms with van der Waals surface area (Å²) in [6.45, 7) is 0.626. The summed E-state index contributed by atoms with van der Waals surface area (Å²) >= 11 is 3.36. The highest BCUT2D eigenvalue weighted by molar-refractivity contribution is 9.10. The van der Waals surface area contributed by atoms with Crippen LogP contribution in [0.2, 0.25) is 0 Å². The molecule has 3 aromatic rings. The van der Waals surface area contributed by atoms with Crippen molar-refractivity contribution in [1.29, 1.82) is 0 Å². The second kappa shape index (κ2) is 9.84. The lowest BCUT2D eigenvalue weighted by Crippen LogP contribution is -2.14. The minimum absolute atomic E-state index is 0.0123. The molecule has 0 aliphatic rings. The molecule has 166 valence electrons. The van der Waals surface area contributed by atoms with Crippen molar-refractivity contribution in [3.63, 3.8) is 0 Å². The van der Waals surface area contributed by atoms with E-state index in [9.17, 15) is 19.2 Å². The molecule has 1 heterocycles. The molecule has 0 spiro atoms. The van der Waals surface area contributed by atoms with Crippen LogP contribution in [-0.4, -0.2) is 56.3 Å². The molecule has 7 nitrogen and oxygen atoms in total. The zero-order valence-electron chi connectivity index (χ0n) is 17.6. The van der Waals surface area contributed by atoms with E-state index in [0.717, 1.165) is 0 Å². The number of rotatable bonds is 9. The van der Waals surface area contributed by atoms with Crippen molar-refractivity contribution in [2.75, 3.05) is 26.5 Å². The van der Waals surface area contributed by atoms with Gasteiger partial charge in [0.2, 0.25) is 0 Å². The van der Waals surface area contributed by atoms with Gasteiger partial charge in [-0.1, -0.05) is 18.2 Å². The molecule has 31 heavy (non-hydrogen) atoms. The fourth-order valence-electron chi connectivity index (χ4n) is 3.54. The summed E-state index contributed by atoms with van der Waals surface area (Å²) in [5.41, 5.74) is 1.71. The molecular formula is C22H25BrN2O5S. The average Bonchev–Trinajstić information content (AvgIpc) is 2.98. The molecule has 1 unspecified atom stereocenters. The Labute approximate surface area is 191 Å². The maximum absolute atomic E-state index is 12.8. The van der Waals surface area contributed by atoms with Crippen molar-refractivity contribution in [1.82, 2.24) is 9.47 Å². The van der Waals surface area contributed by atoms with Crippen LogP contribution in [0.1, 0.15) is 21.6 Å². The van der Waals surface area contributed by atoms with Crippen LogP contribution in [0.3, 0.4) is 0 Å². The van der Waals surface area contributed by atoms with E-state index in [0.29, 0.717) is 38.9 Å². The monoisotopic (exact) mass is 508 g/mol. The van der Waals surface area contributed by atoms with Crippen LogP contribution in [0, 0.1) is 0 Å². The normalized spacial score (nSPS) is 12.4. The fourth-order valence-corrected chi connectivity index (χ4v) is 5.05. The molecule has 0 amide bonds. The maximum Gasteiger partial charge on any atom is 0.338 e. The predicted octanol–water partition coefficient (Wildman–Crippen LogP) is 3.73. The maximum atomic E-state index is 12.8. The molecule has 2 N–H and O–H groups in total. The van der Waals surface area contributed by atoms with E-state index in [1.807, 2.05) is 49.3 Å². The number of para-hydroxylation sites is 1. The van der Waals surface area contributed by atoms with E-state index in [4.69, 9.17) is 4.74 Å². The lowest BCUT2D eigenvalue weighted by Gasteiger charge is -2.14. The summed E-state index contributed by atoms with van der Waals surface area (Å²) in [6.07, 6.45) is 0. The lowest BCUT2D eigenvalue weighted by atomic mass is 10.0. The first-order valence-electron chi connectivity index (χ1n) is 9.63. The number of benzene rings is 2. The molecule has 0 aliphatic carbocycles. The molecular weight excluding hydrogens is 484 g/mol. The summed E-state index contributed by atoms with van der Waals surface area (Å²) in [5, 5.41) is 21.1. The van der Waals surface area contributed by atoms with Crippen molar-refractivity contribution >= 4 is 43.6 Å². The van der Waals surface area contributed by atoms with Gasteiger partial charge in [0, 0.05) is 41.0 Å². The highest BCUT2D eigenvalue weighted by Gasteiger charge is 2.27. The van der Waals surface area contributed by atoms with Gasteiger partial charge in [-0.05, 0) is 48.2 Å². The van der Waals surface area contributed by atoms with E-state index < -0.39 is 16.8 Å². The molecule has 1 aromatic heterocycles. The second-order valence-corrected chi connectivity index (χ2v) is 9.88. The van der Waals surface area contributed by atoms with E-state index in [2.05, 4.69) is 15.9 Å². The number of hydrogen-bond donors (Lipinski definition) is 2. The number of carboxylic acids is 1. The summed E-state index contributed by atoms with van der Waals surface area (Å²) in [6, 6.07) is 11.0. The van der Waals surface area contributed by atoms with Gasteiger partial charge in [0.05, 0.1) is 33.7 Å². The summed E-state index contributed by atoms with van der Waals surface area (Å²) in [4.78, 5) is 14.1. The van der Waals surface area contributed by atoms with Crippen molar-refractivity contribution in [2.45, 2.75) is 12.3 Å². The summed E-state index contributed by atoms with van der Waals surface area (Å²) in [5.74, 6) is -0.0539. The van der Waals surface area contributed by atoms with Crippen LogP contribution in [0.4, 0.5) is 0 Å². The van der Waals surface area contributed by atoms with Gasteiger partial charge in [0.1, 0.15) is 11.5 Å². The van der Waals surface area contributed by atoms with Crippen molar-refractivity contribution in [2.24, 2.45) is 7.05 Å². The van der Waals surface area contributed by atoms with Gasteiger partial charge in [-0.2, -0.15) is 0 Å². The number of carboxylic acid groups (broad SMARTS) is 1. The van der Waals surface area contributed by atoms with Gasteiger partial charge in [0.15, 0.2) is 0 Å². The van der Waals surface area contributed by atoms with Crippen molar-refractivity contribution < 1.29 is 24.0 Å². The molecule has 2 aromatic carbocycles. The smallest absolute Gasteiger partial charge is 0.338 e. The van der Waals surface area contributed by atoms with Gasteiger partial charge in [-0.15, -0.1) is 0 Å². The molecule has 3 rings (SSSR count). The third kappa shape index (κ3) is 5.11. The van der Waals surface area contributed by atoms with Gasteiger partial charge >= 0.3 is 5.97 Å². The molecule has 0 saturated heterocycles. The Hall–Kier alpha value is -2.36. The first-order chi connectivity index (χ1) is 14.7. The van der Waals surface area contributed by atoms with Gasteiger partial charge < -0.3 is 24.4 Å². The minimum Gasteiger partial charge on any atom is -0.506 e. The van der Waals surface area contributed by atoms with Crippen LogP contribution >= 0.6 is 15.9 Å². The Kier molecular flexibility index (Phi) is 7.40. The molecule has 0 fully saturated rings. The zero-order chi connectivity index (χ0) is 22.7. The number of aromatic nitrogens is 1. The van der Waals surface area contributed by atoms with Crippen LogP contribution in [0.25, 0.3) is 10.9 Å². The zero-order valence-corrected chi connectivity index (χ0v) is 20.0. The van der Waals surface area contributed by atoms with Crippen LogP contribution < -0.4 is 4.74 Å². The molecule has 0 radical (unpaired) electrons. The fraction of sp³-hybridized carbons (Fsp3) is 0.318. The Morgan fingerprint density at radius 3 is 2.55 bits per heavy atom. The number of hydrogen-bond acceptors (Lipinski definition) is 5. The number of carbonyl (C=O) groups is 1. The predicted molar refractivity (Wildman–Crippen MR) is 125 cm³/mol. The third-order valence-corrected chi connectivity index (χ3v) is 6.77. The lowest BCUT2D eigenvalue weighted by molar-refractivity contribution is 0.0697. The first kappa shape index (κ1) is 23.3. The van der Waals surface area contributed by atoms with Crippen LogP contribution in [-0.2, 0) is 30.1 Å². The van der Waals surface area contributed by atoms with Crippen molar-refractivity contribution in [3.05, 3.63) is 57.7 Å². The molecule has 0 bridgehead atoms. The second-order valence-electron chi connectivity index (χ2n) is 7.45. The SMILES string of the molecule is CN(C)Cc1c(O)c(Br)cc2c1c(C(=O)O)c(CS(=O)CCOc1ccccc1)n2C. The number of fused-ring (bicyclic) bond motifs is 1. The number of aromatic carboxylic acids is 1. The van der Waals surface area contributed by atoms with E-state index >= 15 is 0 Å². The highest BCUT2D eigenvalue weighted by Crippen LogP contribution is 2.39. The number of phenols is 1. The molecule has 0 saturated carbocycles. The Balaban J connectivity index is 1.94. The van der Waals surface area contributed by atoms with Gasteiger partial charge in [-0.25, -0.2) is 4.79 Å². The number of nitrogens with zero attached hydrogens (tertiary/aromatic N) is 2. The molecule has 1 atom stereocenters. The topological polar surface area (TPSA) is 92.0 Å². The molecule has 0 aliphatic heterocycles. The summed E-state index contributed by atoms with van der Waals surface area (Å²) in [7, 11) is 4.12. The number of aromatic hydroxyl groups is 1. The van der Waals surface area contributed by atoms with E-state index in [-0.39, 0.29) is 29.4 Å². The van der Waals surface area contributed by atoms with Gasteiger partial charge in [0.25, 0.3) is 0 Å². The first-order valence-corrected chi connectivity index (χ1v) is 11.9. The quantitative estimate of drug-likeness (QED) is 0.457. The highest BCUT2D eigenvalue weighted by atomic mass is 79.9. The Morgan fingerprint density at radius 2 is 1.94 bits per heavy atom. The largest absolute Gasteiger partial charge is 0.506 e. The Bertz CT molecular complexity index is 1130.